The van der Waals surface area contributed by atoms with Crippen LogP contribution in [0.4, 0.5) is 0 Å². The SMILES string of the molecule is COC(=O)CCCCCNC(=O)COc1cc(Cl)c(Cl)cc1Cl. The van der Waals surface area contributed by atoms with E-state index in [0.29, 0.717) is 28.8 Å². The van der Waals surface area contributed by atoms with Crippen molar-refractivity contribution in [2.75, 3.05) is 20.3 Å². The summed E-state index contributed by atoms with van der Waals surface area (Å²) in [4.78, 5) is 22.6. The Balaban J connectivity index is 2.20. The number of amides is 1. The highest BCUT2D eigenvalue weighted by molar-refractivity contribution is 6.43. The number of benzene rings is 1. The van der Waals surface area contributed by atoms with E-state index in [1.807, 2.05) is 0 Å². The van der Waals surface area contributed by atoms with Crippen molar-refractivity contribution in [3.63, 3.8) is 0 Å². The van der Waals surface area contributed by atoms with Gasteiger partial charge in [0.2, 0.25) is 0 Å². The summed E-state index contributed by atoms with van der Waals surface area (Å²) in [6.07, 6.45) is 2.73. The monoisotopic (exact) mass is 381 g/mol. The maximum atomic E-state index is 11.7. The van der Waals surface area contributed by atoms with Crippen molar-refractivity contribution >= 4 is 46.7 Å². The van der Waals surface area contributed by atoms with E-state index in [-0.39, 0.29) is 23.5 Å². The van der Waals surface area contributed by atoms with Crippen molar-refractivity contribution in [2.45, 2.75) is 25.7 Å². The van der Waals surface area contributed by atoms with Crippen LogP contribution in [0.2, 0.25) is 15.1 Å². The summed E-state index contributed by atoms with van der Waals surface area (Å²) < 4.78 is 9.85. The van der Waals surface area contributed by atoms with E-state index in [0.717, 1.165) is 19.3 Å². The standard InChI is InChI=1S/C15H18Cl3NO4/c1-22-15(21)5-3-2-4-6-19-14(20)9-23-13-8-11(17)10(16)7-12(13)18/h7-8H,2-6,9H2,1H3,(H,19,20). The minimum Gasteiger partial charge on any atom is -0.482 e. The van der Waals surface area contributed by atoms with E-state index in [9.17, 15) is 9.59 Å². The second-order valence-electron chi connectivity index (χ2n) is 4.72. The number of esters is 1. The number of methoxy groups -OCH3 is 1. The Kier molecular flexibility index (Phi) is 9.14. The number of carbonyl (C=O) groups is 2. The van der Waals surface area contributed by atoms with Crippen molar-refractivity contribution in [1.82, 2.24) is 5.32 Å². The van der Waals surface area contributed by atoms with Gasteiger partial charge in [-0.3, -0.25) is 9.59 Å². The molecule has 23 heavy (non-hydrogen) atoms. The lowest BCUT2D eigenvalue weighted by atomic mass is 10.2. The van der Waals surface area contributed by atoms with Crippen LogP contribution in [0.5, 0.6) is 5.75 Å². The zero-order valence-electron chi connectivity index (χ0n) is 12.7. The molecule has 0 atom stereocenters. The van der Waals surface area contributed by atoms with Crippen molar-refractivity contribution < 1.29 is 19.1 Å². The maximum Gasteiger partial charge on any atom is 0.305 e. The first-order chi connectivity index (χ1) is 10.9. The van der Waals surface area contributed by atoms with Gasteiger partial charge in [-0.25, -0.2) is 0 Å². The van der Waals surface area contributed by atoms with Gasteiger partial charge in [0.1, 0.15) is 5.75 Å². The highest BCUT2D eigenvalue weighted by Crippen LogP contribution is 2.33. The molecule has 0 heterocycles. The Labute approximate surface area is 150 Å². The molecule has 5 nitrogen and oxygen atoms in total. The summed E-state index contributed by atoms with van der Waals surface area (Å²) in [5.41, 5.74) is 0. The molecule has 8 heteroatoms. The molecule has 0 spiro atoms. The number of ether oxygens (including phenoxy) is 2. The number of carbonyl (C=O) groups excluding carboxylic acids is 2. The third kappa shape index (κ3) is 7.77. The summed E-state index contributed by atoms with van der Waals surface area (Å²) in [6.45, 7) is 0.346. The van der Waals surface area contributed by atoms with E-state index in [1.54, 1.807) is 0 Å². The van der Waals surface area contributed by atoms with Gasteiger partial charge >= 0.3 is 5.97 Å². The van der Waals surface area contributed by atoms with Gasteiger partial charge in [-0.2, -0.15) is 0 Å². The Bertz CT molecular complexity index is 552. The van der Waals surface area contributed by atoms with Crippen LogP contribution in [0.3, 0.4) is 0 Å². The third-order valence-electron chi connectivity index (χ3n) is 2.94. The summed E-state index contributed by atoms with van der Waals surface area (Å²) in [5.74, 6) is -0.185. The van der Waals surface area contributed by atoms with Gasteiger partial charge in [0.15, 0.2) is 6.61 Å². The molecule has 1 aromatic carbocycles. The molecule has 1 N–H and O–H groups in total. The molecule has 0 saturated heterocycles. The number of nitrogens with one attached hydrogen (secondary N) is 1. The van der Waals surface area contributed by atoms with Gasteiger partial charge in [-0.1, -0.05) is 41.2 Å². The third-order valence-corrected chi connectivity index (χ3v) is 3.96. The molecule has 0 fully saturated rings. The highest BCUT2D eigenvalue weighted by Gasteiger charge is 2.09. The fourth-order valence-electron chi connectivity index (χ4n) is 1.71. The number of rotatable bonds is 9. The summed E-state index contributed by atoms with van der Waals surface area (Å²) in [5, 5.41) is 3.63. The van der Waals surface area contributed by atoms with Crippen LogP contribution < -0.4 is 10.1 Å². The topological polar surface area (TPSA) is 64.6 Å². The van der Waals surface area contributed by atoms with Crippen LogP contribution in [-0.4, -0.2) is 32.1 Å². The minimum absolute atomic E-state index is 0.167. The first-order valence-corrected chi connectivity index (χ1v) is 8.18. The van der Waals surface area contributed by atoms with Crippen LogP contribution in [0.15, 0.2) is 12.1 Å². The van der Waals surface area contributed by atoms with Gasteiger partial charge < -0.3 is 14.8 Å². The van der Waals surface area contributed by atoms with Crippen molar-refractivity contribution in [2.24, 2.45) is 0 Å². The van der Waals surface area contributed by atoms with Gasteiger partial charge in [0, 0.05) is 19.0 Å². The fraction of sp³-hybridized carbons (Fsp3) is 0.467. The first-order valence-electron chi connectivity index (χ1n) is 7.05. The normalized spacial score (nSPS) is 10.3. The van der Waals surface area contributed by atoms with Crippen LogP contribution >= 0.6 is 34.8 Å². The van der Waals surface area contributed by atoms with Crippen molar-refractivity contribution in [3.05, 3.63) is 27.2 Å². The first kappa shape index (κ1) is 19.9. The van der Waals surface area contributed by atoms with Gasteiger partial charge in [-0.15, -0.1) is 0 Å². The second-order valence-corrected chi connectivity index (χ2v) is 5.94. The molecule has 0 aliphatic heterocycles. The predicted octanol–water partition coefficient (Wildman–Crippen LogP) is 3.88. The predicted molar refractivity (Wildman–Crippen MR) is 90.5 cm³/mol. The molecule has 0 aliphatic rings. The molecule has 0 bridgehead atoms. The van der Waals surface area contributed by atoms with Crippen LogP contribution in [0, 0.1) is 0 Å². The lowest BCUT2D eigenvalue weighted by molar-refractivity contribution is -0.140. The summed E-state index contributed by atoms with van der Waals surface area (Å²) in [6, 6.07) is 2.92. The van der Waals surface area contributed by atoms with Crippen molar-refractivity contribution in [1.29, 1.82) is 0 Å². The van der Waals surface area contributed by atoms with Crippen LogP contribution in [-0.2, 0) is 14.3 Å². The van der Waals surface area contributed by atoms with Crippen molar-refractivity contribution in [3.8, 4) is 5.75 Å². The number of hydrogen-bond acceptors (Lipinski definition) is 4. The Hall–Kier alpha value is -1.17. The molecule has 128 valence electrons. The molecule has 0 saturated carbocycles. The number of hydrogen-bond donors (Lipinski definition) is 1. The molecule has 1 aromatic rings. The quantitative estimate of drug-likeness (QED) is 0.400. The minimum atomic E-state index is -0.264. The molecule has 0 unspecified atom stereocenters. The van der Waals surface area contributed by atoms with E-state index in [1.165, 1.54) is 19.2 Å². The molecule has 0 aliphatic carbocycles. The van der Waals surface area contributed by atoms with E-state index in [2.05, 4.69) is 10.1 Å². The lowest BCUT2D eigenvalue weighted by Crippen LogP contribution is -2.29. The molecular formula is C15H18Cl3NO4. The zero-order chi connectivity index (χ0) is 17.2. The summed E-state index contributed by atoms with van der Waals surface area (Å²) in [7, 11) is 1.36. The average Bonchev–Trinajstić information content (AvgIpc) is 2.52. The van der Waals surface area contributed by atoms with Crippen LogP contribution in [0.25, 0.3) is 0 Å². The Morgan fingerprint density at radius 2 is 1.74 bits per heavy atom. The Morgan fingerprint density at radius 1 is 1.04 bits per heavy atom. The molecule has 1 amide bonds. The van der Waals surface area contributed by atoms with Gasteiger partial charge in [0.25, 0.3) is 5.91 Å². The maximum absolute atomic E-state index is 11.7. The average molecular weight is 383 g/mol. The van der Waals surface area contributed by atoms with Gasteiger partial charge in [-0.05, 0) is 18.9 Å². The lowest BCUT2D eigenvalue weighted by Gasteiger charge is -2.09. The summed E-state index contributed by atoms with van der Waals surface area (Å²) >= 11 is 17.6. The van der Waals surface area contributed by atoms with E-state index >= 15 is 0 Å². The fourth-order valence-corrected chi connectivity index (χ4v) is 2.30. The molecule has 0 radical (unpaired) electrons. The van der Waals surface area contributed by atoms with Crippen LogP contribution in [0.1, 0.15) is 25.7 Å². The zero-order valence-corrected chi connectivity index (χ0v) is 14.9. The highest BCUT2D eigenvalue weighted by atomic mass is 35.5. The Morgan fingerprint density at radius 3 is 2.43 bits per heavy atom. The van der Waals surface area contributed by atoms with E-state index in [4.69, 9.17) is 39.5 Å². The number of unbranched alkanes of at least 4 members (excludes halogenated alkanes) is 2. The molecule has 0 aromatic heterocycles. The number of halogens is 3. The van der Waals surface area contributed by atoms with E-state index < -0.39 is 0 Å². The van der Waals surface area contributed by atoms with Gasteiger partial charge in [0.05, 0.1) is 22.2 Å². The second kappa shape index (κ2) is 10.6. The smallest absolute Gasteiger partial charge is 0.305 e. The largest absolute Gasteiger partial charge is 0.482 e. The molecule has 1 rings (SSSR count). The molecular weight excluding hydrogens is 365 g/mol.